The zero-order valence-corrected chi connectivity index (χ0v) is 10.5. The van der Waals surface area contributed by atoms with Gasteiger partial charge in [-0.3, -0.25) is 0 Å². The lowest BCUT2D eigenvalue weighted by Crippen LogP contribution is -1.97. The quantitative estimate of drug-likeness (QED) is 0.606. The van der Waals surface area contributed by atoms with Crippen molar-refractivity contribution in [1.29, 1.82) is 0 Å². The molecule has 0 saturated heterocycles. The van der Waals surface area contributed by atoms with Crippen molar-refractivity contribution in [3.8, 4) is 5.75 Å². The fourth-order valence-corrected chi connectivity index (χ4v) is 1.58. The fraction of sp³-hybridized carbons (Fsp3) is 0.385. The Bertz CT molecular complexity index is 356. The Morgan fingerprint density at radius 1 is 1.20 bits per heavy atom. The van der Waals surface area contributed by atoms with Gasteiger partial charge in [-0.15, -0.1) is 0 Å². The fourth-order valence-electron chi connectivity index (χ4n) is 1.43. The van der Waals surface area contributed by atoms with Crippen LogP contribution in [0.1, 0.15) is 16.7 Å². The second-order valence-electron chi connectivity index (χ2n) is 3.67. The van der Waals surface area contributed by atoms with Crippen LogP contribution in [0.2, 0.25) is 0 Å². The van der Waals surface area contributed by atoms with Crippen LogP contribution in [0.25, 0.3) is 0 Å². The molecule has 0 N–H and O–H groups in total. The van der Waals surface area contributed by atoms with Crippen molar-refractivity contribution in [2.45, 2.75) is 20.8 Å². The third kappa shape index (κ3) is 3.63. The molecule has 2 heteroatoms. The van der Waals surface area contributed by atoms with E-state index in [0.29, 0.717) is 6.61 Å². The first-order chi connectivity index (χ1) is 7.15. The van der Waals surface area contributed by atoms with E-state index in [1.807, 2.05) is 12.2 Å². The number of thiol groups is 1. The largest absolute Gasteiger partial charge is 0.489 e. The molecular formula is C13H18OS. The summed E-state index contributed by atoms with van der Waals surface area (Å²) in [6.07, 6.45) is 3.98. The molecule has 0 bridgehead atoms. The van der Waals surface area contributed by atoms with Crippen LogP contribution in [0.5, 0.6) is 5.75 Å². The van der Waals surface area contributed by atoms with Gasteiger partial charge >= 0.3 is 0 Å². The van der Waals surface area contributed by atoms with Crippen LogP contribution in [0.4, 0.5) is 0 Å². The van der Waals surface area contributed by atoms with E-state index in [4.69, 9.17) is 4.74 Å². The van der Waals surface area contributed by atoms with Gasteiger partial charge in [0.15, 0.2) is 0 Å². The molecule has 1 aromatic rings. The summed E-state index contributed by atoms with van der Waals surface area (Å²) in [5.74, 6) is 1.74. The number of benzene rings is 1. The highest BCUT2D eigenvalue weighted by atomic mass is 32.1. The van der Waals surface area contributed by atoms with E-state index < -0.39 is 0 Å². The smallest absolute Gasteiger partial charge is 0.123 e. The molecule has 0 atom stereocenters. The van der Waals surface area contributed by atoms with Gasteiger partial charge in [-0.2, -0.15) is 12.6 Å². The minimum Gasteiger partial charge on any atom is -0.489 e. The molecule has 0 fully saturated rings. The van der Waals surface area contributed by atoms with Gasteiger partial charge in [-0.05, 0) is 43.5 Å². The summed E-state index contributed by atoms with van der Waals surface area (Å²) >= 11 is 4.09. The van der Waals surface area contributed by atoms with Gasteiger partial charge in [0.2, 0.25) is 0 Å². The topological polar surface area (TPSA) is 9.23 Å². The predicted octanol–water partition coefficient (Wildman–Crippen LogP) is 3.48. The molecule has 15 heavy (non-hydrogen) atoms. The van der Waals surface area contributed by atoms with Gasteiger partial charge in [-0.1, -0.05) is 18.2 Å². The van der Waals surface area contributed by atoms with E-state index in [-0.39, 0.29) is 0 Å². The summed E-state index contributed by atoms with van der Waals surface area (Å²) in [5, 5.41) is 0. The van der Waals surface area contributed by atoms with Crippen LogP contribution in [0.3, 0.4) is 0 Å². The average molecular weight is 222 g/mol. The van der Waals surface area contributed by atoms with Crippen molar-refractivity contribution in [2.75, 3.05) is 12.4 Å². The van der Waals surface area contributed by atoms with E-state index in [0.717, 1.165) is 11.5 Å². The number of aryl methyl sites for hydroxylation is 2. The second kappa shape index (κ2) is 5.86. The van der Waals surface area contributed by atoms with Crippen LogP contribution >= 0.6 is 12.6 Å². The summed E-state index contributed by atoms with van der Waals surface area (Å²) in [4.78, 5) is 0. The molecule has 0 aliphatic heterocycles. The Balaban J connectivity index is 2.72. The average Bonchev–Trinajstić information content (AvgIpc) is 2.19. The van der Waals surface area contributed by atoms with Crippen molar-refractivity contribution < 1.29 is 4.74 Å². The van der Waals surface area contributed by atoms with Crippen LogP contribution < -0.4 is 4.74 Å². The molecule has 0 saturated carbocycles. The highest BCUT2D eigenvalue weighted by Crippen LogP contribution is 2.23. The molecule has 82 valence electrons. The van der Waals surface area contributed by atoms with E-state index in [9.17, 15) is 0 Å². The first-order valence-corrected chi connectivity index (χ1v) is 5.75. The van der Waals surface area contributed by atoms with E-state index in [2.05, 4.69) is 45.5 Å². The van der Waals surface area contributed by atoms with Gasteiger partial charge in [0.25, 0.3) is 0 Å². The number of ether oxygens (including phenoxy) is 1. The maximum Gasteiger partial charge on any atom is 0.123 e. The zero-order chi connectivity index (χ0) is 11.3. The monoisotopic (exact) mass is 222 g/mol. The molecular weight excluding hydrogens is 204 g/mol. The maximum atomic E-state index is 5.68. The van der Waals surface area contributed by atoms with Crippen molar-refractivity contribution in [1.82, 2.24) is 0 Å². The lowest BCUT2D eigenvalue weighted by Gasteiger charge is -2.10. The molecule has 0 spiro atoms. The summed E-state index contributed by atoms with van der Waals surface area (Å²) < 4.78 is 5.68. The molecule has 1 aromatic carbocycles. The maximum absolute atomic E-state index is 5.68. The first-order valence-electron chi connectivity index (χ1n) is 5.11. The highest BCUT2D eigenvalue weighted by Gasteiger charge is 2.02. The molecule has 1 nitrogen and oxygen atoms in total. The SMILES string of the molecule is Cc1cc(C)c(C)c(OCC=CCS)c1. The summed E-state index contributed by atoms with van der Waals surface area (Å²) in [6.45, 7) is 6.90. The minimum absolute atomic E-state index is 0.615. The third-order valence-electron chi connectivity index (χ3n) is 2.37. The van der Waals surface area contributed by atoms with Crippen molar-refractivity contribution in [3.05, 3.63) is 41.0 Å². The number of hydrogen-bond acceptors (Lipinski definition) is 2. The minimum atomic E-state index is 0.615. The van der Waals surface area contributed by atoms with E-state index in [1.54, 1.807) is 0 Å². The summed E-state index contributed by atoms with van der Waals surface area (Å²) in [5.41, 5.74) is 3.74. The second-order valence-corrected chi connectivity index (χ2v) is 4.04. The first kappa shape index (κ1) is 12.2. The van der Waals surface area contributed by atoms with Gasteiger partial charge < -0.3 is 4.74 Å². The molecule has 0 amide bonds. The van der Waals surface area contributed by atoms with Crippen LogP contribution in [-0.4, -0.2) is 12.4 Å². The van der Waals surface area contributed by atoms with Crippen molar-refractivity contribution in [2.24, 2.45) is 0 Å². The van der Waals surface area contributed by atoms with Crippen LogP contribution in [-0.2, 0) is 0 Å². The van der Waals surface area contributed by atoms with E-state index in [1.165, 1.54) is 16.7 Å². The Labute approximate surface area is 97.6 Å². The number of rotatable bonds is 4. The summed E-state index contributed by atoms with van der Waals surface area (Å²) in [6, 6.07) is 4.25. The molecule has 0 unspecified atom stereocenters. The van der Waals surface area contributed by atoms with Gasteiger partial charge in [-0.25, -0.2) is 0 Å². The standard InChI is InChI=1S/C13H18OS/c1-10-8-11(2)12(3)13(9-10)14-6-4-5-7-15/h4-5,8-9,15H,6-7H2,1-3H3. The third-order valence-corrected chi connectivity index (χ3v) is 2.58. The molecule has 0 heterocycles. The Morgan fingerprint density at radius 3 is 2.60 bits per heavy atom. The molecule has 1 rings (SSSR count). The Morgan fingerprint density at radius 2 is 1.93 bits per heavy atom. The lowest BCUT2D eigenvalue weighted by atomic mass is 10.1. The summed E-state index contributed by atoms with van der Waals surface area (Å²) in [7, 11) is 0. The van der Waals surface area contributed by atoms with Crippen LogP contribution in [0.15, 0.2) is 24.3 Å². The number of hydrogen-bond donors (Lipinski definition) is 1. The molecule has 0 radical (unpaired) electrons. The van der Waals surface area contributed by atoms with Gasteiger partial charge in [0.05, 0.1) is 0 Å². The van der Waals surface area contributed by atoms with E-state index >= 15 is 0 Å². The van der Waals surface area contributed by atoms with Crippen molar-refractivity contribution >= 4 is 12.6 Å². The molecule has 0 aromatic heterocycles. The van der Waals surface area contributed by atoms with Gasteiger partial charge in [0, 0.05) is 5.75 Å². The normalized spacial score (nSPS) is 10.9. The van der Waals surface area contributed by atoms with Crippen molar-refractivity contribution in [3.63, 3.8) is 0 Å². The van der Waals surface area contributed by atoms with Gasteiger partial charge in [0.1, 0.15) is 12.4 Å². The Kier molecular flexibility index (Phi) is 4.76. The Hall–Kier alpha value is -0.890. The zero-order valence-electron chi connectivity index (χ0n) is 9.58. The highest BCUT2D eigenvalue weighted by molar-refractivity contribution is 7.80. The lowest BCUT2D eigenvalue weighted by molar-refractivity contribution is 0.359. The predicted molar refractivity (Wildman–Crippen MR) is 69.1 cm³/mol. The molecule has 0 aliphatic carbocycles. The molecule has 0 aliphatic rings. The van der Waals surface area contributed by atoms with Crippen LogP contribution in [0, 0.1) is 20.8 Å².